The lowest BCUT2D eigenvalue weighted by Crippen LogP contribution is -2.24. The number of carboxylic acid groups (broad SMARTS) is 1. The van der Waals surface area contributed by atoms with Crippen molar-refractivity contribution in [3.63, 3.8) is 0 Å². The van der Waals surface area contributed by atoms with Crippen LogP contribution in [0.25, 0.3) is 0 Å². The molecule has 158 valence electrons. The molecule has 0 saturated carbocycles. The average molecular weight is 433 g/mol. The van der Waals surface area contributed by atoms with Gasteiger partial charge in [-0.25, -0.2) is 10.2 Å². The number of nitrogens with zero attached hydrogens (tertiary/aromatic N) is 1. The fourth-order valence-corrected chi connectivity index (χ4v) is 2.53. The molecule has 0 aliphatic carbocycles. The Bertz CT molecular complexity index is 928. The number of rotatable bonds is 11. The van der Waals surface area contributed by atoms with Crippen LogP contribution in [0.3, 0.4) is 0 Å². The molecule has 0 fully saturated rings. The maximum absolute atomic E-state index is 11.9. The van der Waals surface area contributed by atoms with E-state index in [1.54, 1.807) is 42.5 Å². The number of carboxylic acids is 1. The molecule has 2 N–H and O–H groups in total. The molecule has 0 aliphatic rings. The summed E-state index contributed by atoms with van der Waals surface area (Å²) < 4.78 is 16.0. The quantitative estimate of drug-likeness (QED) is 0.321. The topological polar surface area (TPSA) is 106 Å². The van der Waals surface area contributed by atoms with Crippen LogP contribution < -0.4 is 19.6 Å². The highest BCUT2D eigenvalue weighted by Gasteiger charge is 2.13. The molecule has 0 radical (unpaired) electrons. The third-order valence-electron chi connectivity index (χ3n) is 3.66. The largest absolute Gasteiger partial charge is 0.493 e. The highest BCUT2D eigenvalue weighted by molar-refractivity contribution is 6.30. The Morgan fingerprint density at radius 1 is 1.20 bits per heavy atom. The van der Waals surface area contributed by atoms with Gasteiger partial charge in [0.05, 0.1) is 13.3 Å². The van der Waals surface area contributed by atoms with E-state index in [0.29, 0.717) is 39.8 Å². The maximum atomic E-state index is 11.9. The van der Waals surface area contributed by atoms with E-state index in [4.69, 9.17) is 30.9 Å². The van der Waals surface area contributed by atoms with E-state index in [-0.39, 0.29) is 6.61 Å². The van der Waals surface area contributed by atoms with Gasteiger partial charge in [-0.2, -0.15) is 5.10 Å². The fourth-order valence-electron chi connectivity index (χ4n) is 2.41. The van der Waals surface area contributed by atoms with Gasteiger partial charge in [0.2, 0.25) is 0 Å². The zero-order valence-electron chi connectivity index (χ0n) is 16.3. The van der Waals surface area contributed by atoms with Crippen LogP contribution in [0.1, 0.15) is 11.1 Å². The van der Waals surface area contributed by atoms with Crippen LogP contribution >= 0.6 is 11.6 Å². The average Bonchev–Trinajstić information content (AvgIpc) is 2.72. The summed E-state index contributed by atoms with van der Waals surface area (Å²) in [5.74, 6) is -0.377. The van der Waals surface area contributed by atoms with Gasteiger partial charge < -0.3 is 19.3 Å². The molecule has 0 aliphatic heterocycles. The molecule has 0 bridgehead atoms. The van der Waals surface area contributed by atoms with E-state index in [1.807, 2.05) is 0 Å². The highest BCUT2D eigenvalue weighted by Crippen LogP contribution is 2.33. The highest BCUT2D eigenvalue weighted by atomic mass is 35.5. The minimum absolute atomic E-state index is 0.216. The number of nitrogens with one attached hydrogen (secondary N) is 1. The molecular formula is C21H21ClN2O6. The Labute approximate surface area is 178 Å². The van der Waals surface area contributed by atoms with Crippen LogP contribution in [0.15, 0.2) is 54.2 Å². The number of allylic oxidation sites excluding steroid dienone is 1. The predicted molar refractivity (Wildman–Crippen MR) is 113 cm³/mol. The summed E-state index contributed by atoms with van der Waals surface area (Å²) in [6.07, 6.45) is 3.50. The molecule has 2 rings (SSSR count). The molecule has 0 saturated heterocycles. The number of hydrazone groups is 1. The Hall–Kier alpha value is -3.52. The number of hydrogen-bond acceptors (Lipinski definition) is 6. The Morgan fingerprint density at radius 3 is 2.57 bits per heavy atom. The van der Waals surface area contributed by atoms with Gasteiger partial charge >= 0.3 is 5.97 Å². The summed E-state index contributed by atoms with van der Waals surface area (Å²) in [5, 5.41) is 13.3. The van der Waals surface area contributed by atoms with Gasteiger partial charge in [0.15, 0.2) is 24.7 Å². The normalized spacial score (nSPS) is 10.5. The van der Waals surface area contributed by atoms with Gasteiger partial charge in [0, 0.05) is 10.6 Å². The van der Waals surface area contributed by atoms with Crippen molar-refractivity contribution in [3.05, 3.63) is 65.2 Å². The van der Waals surface area contributed by atoms with Crippen molar-refractivity contribution in [2.45, 2.75) is 6.42 Å². The second kappa shape index (κ2) is 11.5. The summed E-state index contributed by atoms with van der Waals surface area (Å²) in [6, 6.07) is 9.97. The van der Waals surface area contributed by atoms with Crippen LogP contribution in [0.2, 0.25) is 5.02 Å². The number of methoxy groups -OCH3 is 1. The number of carbonyl (C=O) groups is 2. The molecule has 0 spiro atoms. The molecule has 2 aromatic carbocycles. The van der Waals surface area contributed by atoms with Crippen molar-refractivity contribution >= 4 is 29.7 Å². The van der Waals surface area contributed by atoms with Crippen LogP contribution in [0.5, 0.6) is 17.2 Å². The summed E-state index contributed by atoms with van der Waals surface area (Å²) in [6.45, 7) is 2.97. The van der Waals surface area contributed by atoms with Crippen molar-refractivity contribution < 1.29 is 28.9 Å². The molecule has 2 aromatic rings. The van der Waals surface area contributed by atoms with Gasteiger partial charge in [-0.3, -0.25) is 4.79 Å². The first-order chi connectivity index (χ1) is 14.4. The van der Waals surface area contributed by atoms with E-state index in [1.165, 1.54) is 13.3 Å². The first-order valence-electron chi connectivity index (χ1n) is 8.79. The number of aliphatic carboxylic acids is 1. The predicted octanol–water partition coefficient (Wildman–Crippen LogP) is 3.07. The molecule has 30 heavy (non-hydrogen) atoms. The minimum Gasteiger partial charge on any atom is -0.493 e. The van der Waals surface area contributed by atoms with Crippen molar-refractivity contribution in [3.8, 4) is 17.2 Å². The number of halogens is 1. The Morgan fingerprint density at radius 2 is 1.93 bits per heavy atom. The van der Waals surface area contributed by atoms with Gasteiger partial charge in [-0.15, -0.1) is 6.58 Å². The van der Waals surface area contributed by atoms with Gasteiger partial charge in [-0.05, 0) is 48.4 Å². The van der Waals surface area contributed by atoms with E-state index < -0.39 is 18.5 Å². The zero-order chi connectivity index (χ0) is 21.9. The Kier molecular flexibility index (Phi) is 8.71. The molecule has 1 amide bonds. The standard InChI is InChI=1S/C21H21ClN2O6/c1-3-4-15-9-14(10-18(28-2)21(15)30-13-20(26)27)11-23-24-19(25)12-29-17-7-5-16(22)6-8-17/h3,5-11H,1,4,12-13H2,2H3,(H,24,25)(H,26,27)/b23-11-. The molecule has 9 heteroatoms. The SMILES string of the molecule is C=CCc1cc(/C=N\NC(=O)COc2ccc(Cl)cc2)cc(OC)c1OCC(=O)O. The second-order valence-electron chi connectivity index (χ2n) is 5.92. The number of benzene rings is 2. The second-order valence-corrected chi connectivity index (χ2v) is 6.36. The maximum Gasteiger partial charge on any atom is 0.341 e. The minimum atomic E-state index is -1.10. The van der Waals surface area contributed by atoms with Crippen molar-refractivity contribution in [1.29, 1.82) is 0 Å². The number of ether oxygens (including phenoxy) is 3. The van der Waals surface area contributed by atoms with E-state index in [9.17, 15) is 9.59 Å². The lowest BCUT2D eigenvalue weighted by atomic mass is 10.1. The van der Waals surface area contributed by atoms with Crippen molar-refractivity contribution in [1.82, 2.24) is 5.43 Å². The molecular weight excluding hydrogens is 412 g/mol. The monoisotopic (exact) mass is 432 g/mol. The summed E-state index contributed by atoms with van der Waals surface area (Å²) >= 11 is 5.79. The fraction of sp³-hybridized carbons (Fsp3) is 0.190. The molecule has 8 nitrogen and oxygen atoms in total. The molecule has 0 heterocycles. The van der Waals surface area contributed by atoms with Crippen molar-refractivity contribution in [2.24, 2.45) is 5.10 Å². The van der Waals surface area contributed by atoms with Crippen LogP contribution in [-0.2, 0) is 16.0 Å². The molecule has 0 aromatic heterocycles. The summed E-state index contributed by atoms with van der Waals surface area (Å²) in [7, 11) is 1.44. The van der Waals surface area contributed by atoms with E-state index >= 15 is 0 Å². The van der Waals surface area contributed by atoms with E-state index in [2.05, 4.69) is 17.1 Å². The zero-order valence-corrected chi connectivity index (χ0v) is 17.0. The van der Waals surface area contributed by atoms with E-state index in [0.717, 1.165) is 0 Å². The van der Waals surface area contributed by atoms with Crippen molar-refractivity contribution in [2.75, 3.05) is 20.3 Å². The molecule has 0 atom stereocenters. The number of amides is 1. The first kappa shape index (κ1) is 22.8. The lowest BCUT2D eigenvalue weighted by molar-refractivity contribution is -0.139. The summed E-state index contributed by atoms with van der Waals surface area (Å²) in [5.41, 5.74) is 3.65. The van der Waals surface area contributed by atoms with Gasteiger partial charge in [0.25, 0.3) is 5.91 Å². The van der Waals surface area contributed by atoms with Gasteiger partial charge in [0.1, 0.15) is 5.75 Å². The molecule has 0 unspecified atom stereocenters. The van der Waals surface area contributed by atoms with Crippen LogP contribution in [-0.4, -0.2) is 43.5 Å². The van der Waals surface area contributed by atoms with Crippen LogP contribution in [0, 0.1) is 0 Å². The number of hydrogen-bond donors (Lipinski definition) is 2. The Balaban J connectivity index is 2.03. The van der Waals surface area contributed by atoms with Gasteiger partial charge in [-0.1, -0.05) is 17.7 Å². The van der Waals surface area contributed by atoms with Crippen LogP contribution in [0.4, 0.5) is 0 Å². The smallest absolute Gasteiger partial charge is 0.341 e. The summed E-state index contributed by atoms with van der Waals surface area (Å²) in [4.78, 5) is 22.7. The lowest BCUT2D eigenvalue weighted by Gasteiger charge is -2.14. The number of carbonyl (C=O) groups excluding carboxylic acids is 1. The first-order valence-corrected chi connectivity index (χ1v) is 9.17. The third-order valence-corrected chi connectivity index (χ3v) is 3.92. The third kappa shape index (κ3) is 7.14.